The molecule has 16 heavy (non-hydrogen) atoms. The number of hydrogen-bond acceptors (Lipinski definition) is 1. The number of rotatable bonds is 4. The number of aliphatic hydroxyl groups is 1. The van der Waals surface area contributed by atoms with Gasteiger partial charge in [0.15, 0.2) is 0 Å². The second-order valence-electron chi connectivity index (χ2n) is 5.94. The number of hydrogen-bond donors (Lipinski definition) is 1. The molecular weight excluding hydrogens is 196 g/mol. The standard InChI is InChI=1S/C15H24O/c1-12-5-7-13(8-6-12)11-14(16)9-10-15(2,3)4/h5-8,14,16H,9-11H2,1-4H3. The Bertz CT molecular complexity index is 305. The third-order valence-electron chi connectivity index (χ3n) is 2.82. The van der Waals surface area contributed by atoms with Gasteiger partial charge in [0.2, 0.25) is 0 Å². The summed E-state index contributed by atoms with van der Waals surface area (Å²) in [5, 5.41) is 9.94. The van der Waals surface area contributed by atoms with E-state index < -0.39 is 0 Å². The lowest BCUT2D eigenvalue weighted by molar-refractivity contribution is 0.146. The number of benzene rings is 1. The Morgan fingerprint density at radius 2 is 1.69 bits per heavy atom. The molecule has 0 fully saturated rings. The first kappa shape index (κ1) is 13.2. The average Bonchev–Trinajstić information content (AvgIpc) is 2.18. The van der Waals surface area contributed by atoms with Crippen LogP contribution in [0.3, 0.4) is 0 Å². The third kappa shape index (κ3) is 5.32. The van der Waals surface area contributed by atoms with Crippen molar-refractivity contribution in [2.45, 2.75) is 53.1 Å². The summed E-state index contributed by atoms with van der Waals surface area (Å²) in [5.74, 6) is 0. The number of aliphatic hydroxyl groups excluding tert-OH is 1. The van der Waals surface area contributed by atoms with Crippen LogP contribution in [0, 0.1) is 12.3 Å². The largest absolute Gasteiger partial charge is 0.393 e. The van der Waals surface area contributed by atoms with Gasteiger partial charge in [0.25, 0.3) is 0 Å². The second kappa shape index (κ2) is 5.49. The van der Waals surface area contributed by atoms with Gasteiger partial charge < -0.3 is 5.11 Å². The maximum Gasteiger partial charge on any atom is 0.0580 e. The molecule has 1 heteroatoms. The van der Waals surface area contributed by atoms with E-state index in [9.17, 15) is 5.11 Å². The highest BCUT2D eigenvalue weighted by Crippen LogP contribution is 2.22. The molecule has 0 heterocycles. The minimum atomic E-state index is -0.207. The Morgan fingerprint density at radius 3 is 2.19 bits per heavy atom. The first-order valence-corrected chi connectivity index (χ1v) is 6.10. The first-order chi connectivity index (χ1) is 7.37. The van der Waals surface area contributed by atoms with Crippen LogP contribution in [0.1, 0.15) is 44.7 Å². The van der Waals surface area contributed by atoms with Gasteiger partial charge in [0.05, 0.1) is 6.10 Å². The Kier molecular flexibility index (Phi) is 4.55. The molecule has 1 atom stereocenters. The summed E-state index contributed by atoms with van der Waals surface area (Å²) >= 11 is 0. The van der Waals surface area contributed by atoms with Crippen molar-refractivity contribution >= 4 is 0 Å². The van der Waals surface area contributed by atoms with Gasteiger partial charge in [-0.1, -0.05) is 50.6 Å². The summed E-state index contributed by atoms with van der Waals surface area (Å²) in [6.07, 6.45) is 2.52. The Morgan fingerprint density at radius 1 is 1.12 bits per heavy atom. The topological polar surface area (TPSA) is 20.2 Å². The molecule has 0 aromatic heterocycles. The molecule has 0 radical (unpaired) electrons. The molecule has 0 saturated heterocycles. The zero-order chi connectivity index (χ0) is 12.2. The van der Waals surface area contributed by atoms with E-state index >= 15 is 0 Å². The molecule has 1 rings (SSSR count). The molecule has 0 aliphatic carbocycles. The fraction of sp³-hybridized carbons (Fsp3) is 0.600. The predicted molar refractivity (Wildman–Crippen MR) is 69.6 cm³/mol. The van der Waals surface area contributed by atoms with E-state index in [4.69, 9.17) is 0 Å². The lowest BCUT2D eigenvalue weighted by Gasteiger charge is -2.20. The van der Waals surface area contributed by atoms with Gasteiger partial charge in [-0.2, -0.15) is 0 Å². The minimum Gasteiger partial charge on any atom is -0.393 e. The SMILES string of the molecule is Cc1ccc(CC(O)CCC(C)(C)C)cc1. The second-order valence-corrected chi connectivity index (χ2v) is 5.94. The van der Waals surface area contributed by atoms with Crippen LogP contribution in [0.4, 0.5) is 0 Å². The van der Waals surface area contributed by atoms with Crippen LogP contribution >= 0.6 is 0 Å². The Labute approximate surface area is 99.5 Å². The first-order valence-electron chi connectivity index (χ1n) is 6.10. The van der Waals surface area contributed by atoms with Crippen molar-refractivity contribution in [3.05, 3.63) is 35.4 Å². The highest BCUT2D eigenvalue weighted by atomic mass is 16.3. The van der Waals surface area contributed by atoms with Crippen LogP contribution in [0.5, 0.6) is 0 Å². The smallest absolute Gasteiger partial charge is 0.0580 e. The van der Waals surface area contributed by atoms with Crippen molar-refractivity contribution in [2.75, 3.05) is 0 Å². The fourth-order valence-electron chi connectivity index (χ4n) is 1.70. The van der Waals surface area contributed by atoms with E-state index in [-0.39, 0.29) is 6.10 Å². The zero-order valence-electron chi connectivity index (χ0n) is 11.0. The summed E-state index contributed by atoms with van der Waals surface area (Å²) in [6, 6.07) is 8.42. The summed E-state index contributed by atoms with van der Waals surface area (Å²) in [6.45, 7) is 8.72. The molecule has 90 valence electrons. The quantitative estimate of drug-likeness (QED) is 0.820. The van der Waals surface area contributed by atoms with Crippen molar-refractivity contribution in [3.63, 3.8) is 0 Å². The van der Waals surface area contributed by atoms with Crippen molar-refractivity contribution in [2.24, 2.45) is 5.41 Å². The van der Waals surface area contributed by atoms with Gasteiger partial charge in [-0.3, -0.25) is 0 Å². The third-order valence-corrected chi connectivity index (χ3v) is 2.82. The normalized spacial score (nSPS) is 13.8. The van der Waals surface area contributed by atoms with Gasteiger partial charge in [0.1, 0.15) is 0 Å². The molecule has 1 aromatic rings. The van der Waals surface area contributed by atoms with Gasteiger partial charge >= 0.3 is 0 Å². The molecule has 1 nitrogen and oxygen atoms in total. The minimum absolute atomic E-state index is 0.207. The van der Waals surface area contributed by atoms with Crippen LogP contribution in [-0.4, -0.2) is 11.2 Å². The lowest BCUT2D eigenvalue weighted by Crippen LogP contribution is -2.15. The monoisotopic (exact) mass is 220 g/mol. The Hall–Kier alpha value is -0.820. The van der Waals surface area contributed by atoms with E-state index in [1.165, 1.54) is 11.1 Å². The summed E-state index contributed by atoms with van der Waals surface area (Å²) in [4.78, 5) is 0. The van der Waals surface area contributed by atoms with E-state index in [1.54, 1.807) is 0 Å². The van der Waals surface area contributed by atoms with Crippen LogP contribution in [0.2, 0.25) is 0 Å². The highest BCUT2D eigenvalue weighted by molar-refractivity contribution is 5.21. The van der Waals surface area contributed by atoms with Crippen molar-refractivity contribution < 1.29 is 5.11 Å². The molecular formula is C15H24O. The molecule has 1 N–H and O–H groups in total. The molecule has 0 aliphatic heterocycles. The van der Waals surface area contributed by atoms with Gasteiger partial charge in [-0.15, -0.1) is 0 Å². The summed E-state index contributed by atoms with van der Waals surface area (Å²) in [5.41, 5.74) is 2.81. The van der Waals surface area contributed by atoms with Gasteiger partial charge in [-0.25, -0.2) is 0 Å². The van der Waals surface area contributed by atoms with Crippen LogP contribution < -0.4 is 0 Å². The van der Waals surface area contributed by atoms with Gasteiger partial charge in [-0.05, 0) is 37.2 Å². The van der Waals surface area contributed by atoms with Crippen LogP contribution in [-0.2, 0) is 6.42 Å². The van der Waals surface area contributed by atoms with E-state index in [0.29, 0.717) is 5.41 Å². The fourth-order valence-corrected chi connectivity index (χ4v) is 1.70. The van der Waals surface area contributed by atoms with Crippen molar-refractivity contribution in [3.8, 4) is 0 Å². The zero-order valence-corrected chi connectivity index (χ0v) is 11.0. The molecule has 0 aliphatic rings. The van der Waals surface area contributed by atoms with Crippen LogP contribution in [0.15, 0.2) is 24.3 Å². The highest BCUT2D eigenvalue weighted by Gasteiger charge is 2.13. The van der Waals surface area contributed by atoms with Crippen molar-refractivity contribution in [1.82, 2.24) is 0 Å². The van der Waals surface area contributed by atoms with E-state index in [1.807, 2.05) is 0 Å². The molecule has 1 aromatic carbocycles. The molecule has 0 saturated carbocycles. The van der Waals surface area contributed by atoms with E-state index in [0.717, 1.165) is 19.3 Å². The molecule has 1 unspecified atom stereocenters. The maximum atomic E-state index is 9.94. The number of aryl methyl sites for hydroxylation is 1. The van der Waals surface area contributed by atoms with Gasteiger partial charge in [0, 0.05) is 0 Å². The predicted octanol–water partition coefficient (Wildman–Crippen LogP) is 3.72. The Balaban J connectivity index is 2.39. The van der Waals surface area contributed by atoms with Crippen molar-refractivity contribution in [1.29, 1.82) is 0 Å². The summed E-state index contributed by atoms with van der Waals surface area (Å²) < 4.78 is 0. The molecule has 0 spiro atoms. The maximum absolute atomic E-state index is 9.94. The lowest BCUT2D eigenvalue weighted by atomic mass is 9.88. The summed E-state index contributed by atoms with van der Waals surface area (Å²) in [7, 11) is 0. The average molecular weight is 220 g/mol. The van der Waals surface area contributed by atoms with E-state index in [2.05, 4.69) is 52.0 Å². The molecule has 0 bridgehead atoms. The molecule has 0 amide bonds. The van der Waals surface area contributed by atoms with Crippen LogP contribution in [0.25, 0.3) is 0 Å².